The van der Waals surface area contributed by atoms with Crippen molar-refractivity contribution >= 4 is 21.6 Å². The molecule has 1 atom stereocenters. The smallest absolute Gasteiger partial charge is 0.235 e. The molecule has 1 aromatic heterocycles. The number of carbonyl (C=O) groups excluding carboxylic acids is 1. The van der Waals surface area contributed by atoms with Gasteiger partial charge < -0.3 is 4.90 Å². The van der Waals surface area contributed by atoms with E-state index in [2.05, 4.69) is 5.10 Å². The van der Waals surface area contributed by atoms with Gasteiger partial charge in [-0.05, 0) is 31.0 Å². The van der Waals surface area contributed by atoms with E-state index < -0.39 is 33.4 Å². The van der Waals surface area contributed by atoms with Crippen LogP contribution in [0.4, 0.5) is 18.9 Å². The maximum Gasteiger partial charge on any atom is 0.235 e. The molecule has 1 aromatic carbocycles. The SMILES string of the molecule is CC1Cn2ncc(N3CCCS3(=O)=O)c2CN1C(=O)Cc1cc(F)c(F)c(F)c1. The predicted octanol–water partition coefficient (Wildman–Crippen LogP) is 1.81. The van der Waals surface area contributed by atoms with Crippen LogP contribution in [-0.2, 0) is 34.3 Å². The number of halogens is 3. The molecular formula is C18H19F3N4O3S. The summed E-state index contributed by atoms with van der Waals surface area (Å²) in [7, 11) is -3.40. The fourth-order valence-corrected chi connectivity index (χ4v) is 5.40. The van der Waals surface area contributed by atoms with Gasteiger partial charge in [-0.15, -0.1) is 0 Å². The van der Waals surface area contributed by atoms with E-state index in [0.717, 1.165) is 12.1 Å². The number of sulfonamides is 1. The van der Waals surface area contributed by atoms with Gasteiger partial charge in [0, 0.05) is 12.6 Å². The Morgan fingerprint density at radius 1 is 1.24 bits per heavy atom. The van der Waals surface area contributed by atoms with Crippen molar-refractivity contribution in [2.45, 2.75) is 38.9 Å². The van der Waals surface area contributed by atoms with Crippen molar-refractivity contribution in [3.8, 4) is 0 Å². The lowest BCUT2D eigenvalue weighted by Crippen LogP contribution is -2.46. The van der Waals surface area contributed by atoms with Crippen molar-refractivity contribution in [2.75, 3.05) is 16.6 Å². The van der Waals surface area contributed by atoms with Crippen LogP contribution in [0.1, 0.15) is 24.6 Å². The van der Waals surface area contributed by atoms with Gasteiger partial charge in [-0.1, -0.05) is 0 Å². The van der Waals surface area contributed by atoms with E-state index in [-0.39, 0.29) is 30.3 Å². The summed E-state index contributed by atoms with van der Waals surface area (Å²) in [4.78, 5) is 14.3. The topological polar surface area (TPSA) is 75.5 Å². The summed E-state index contributed by atoms with van der Waals surface area (Å²) in [6, 6.07) is 1.35. The minimum absolute atomic E-state index is 0.0278. The van der Waals surface area contributed by atoms with E-state index in [4.69, 9.17) is 0 Å². The third kappa shape index (κ3) is 3.47. The second-order valence-electron chi connectivity index (χ2n) is 7.32. The molecular weight excluding hydrogens is 409 g/mol. The number of aromatic nitrogens is 2. The molecule has 0 radical (unpaired) electrons. The lowest BCUT2D eigenvalue weighted by molar-refractivity contribution is -0.134. The Hall–Kier alpha value is -2.56. The van der Waals surface area contributed by atoms with Gasteiger partial charge in [0.05, 0.1) is 42.8 Å². The molecule has 3 heterocycles. The van der Waals surface area contributed by atoms with Gasteiger partial charge >= 0.3 is 0 Å². The van der Waals surface area contributed by atoms with Crippen molar-refractivity contribution in [1.29, 1.82) is 0 Å². The van der Waals surface area contributed by atoms with Crippen LogP contribution in [0.3, 0.4) is 0 Å². The van der Waals surface area contributed by atoms with Gasteiger partial charge in [0.2, 0.25) is 15.9 Å². The average molecular weight is 428 g/mol. The highest BCUT2D eigenvalue weighted by Gasteiger charge is 2.35. The second-order valence-corrected chi connectivity index (χ2v) is 9.33. The van der Waals surface area contributed by atoms with Crippen LogP contribution in [0, 0.1) is 17.5 Å². The summed E-state index contributed by atoms with van der Waals surface area (Å²) in [5.74, 6) is -4.60. The number of hydrogen-bond donors (Lipinski definition) is 0. The van der Waals surface area contributed by atoms with Crippen molar-refractivity contribution in [1.82, 2.24) is 14.7 Å². The van der Waals surface area contributed by atoms with Crippen LogP contribution >= 0.6 is 0 Å². The molecule has 0 saturated carbocycles. The first-order chi connectivity index (χ1) is 13.7. The monoisotopic (exact) mass is 428 g/mol. The number of benzene rings is 1. The fourth-order valence-electron chi connectivity index (χ4n) is 3.83. The van der Waals surface area contributed by atoms with Gasteiger partial charge in [-0.2, -0.15) is 5.10 Å². The van der Waals surface area contributed by atoms with Crippen molar-refractivity contribution in [3.05, 3.63) is 47.0 Å². The Balaban J connectivity index is 1.58. The molecule has 29 heavy (non-hydrogen) atoms. The molecule has 11 heteroatoms. The van der Waals surface area contributed by atoms with Crippen LogP contribution in [0.2, 0.25) is 0 Å². The summed E-state index contributed by atoms with van der Waals surface area (Å²) in [6.45, 7) is 2.65. The van der Waals surface area contributed by atoms with Crippen molar-refractivity contribution < 1.29 is 26.4 Å². The van der Waals surface area contributed by atoms with Crippen molar-refractivity contribution in [3.63, 3.8) is 0 Å². The zero-order chi connectivity index (χ0) is 20.9. The average Bonchev–Trinajstić information content (AvgIpc) is 3.20. The van der Waals surface area contributed by atoms with Crippen LogP contribution in [-0.4, -0.2) is 47.3 Å². The predicted molar refractivity (Wildman–Crippen MR) is 98.0 cm³/mol. The number of hydrogen-bond acceptors (Lipinski definition) is 4. The van der Waals surface area contributed by atoms with Crippen LogP contribution in [0.5, 0.6) is 0 Å². The first kappa shape index (κ1) is 19.7. The minimum atomic E-state index is -3.40. The molecule has 2 aliphatic heterocycles. The van der Waals surface area contributed by atoms with Gasteiger partial charge in [-0.25, -0.2) is 21.6 Å². The maximum atomic E-state index is 13.4. The highest BCUT2D eigenvalue weighted by Crippen LogP contribution is 2.31. The third-order valence-electron chi connectivity index (χ3n) is 5.30. The molecule has 0 N–H and O–H groups in total. The summed E-state index contributed by atoms with van der Waals surface area (Å²) >= 11 is 0. The maximum absolute atomic E-state index is 13.4. The van der Waals surface area contributed by atoms with E-state index in [1.165, 1.54) is 15.4 Å². The molecule has 7 nitrogen and oxygen atoms in total. The molecule has 0 spiro atoms. The zero-order valence-electron chi connectivity index (χ0n) is 15.6. The molecule has 2 aliphatic rings. The summed E-state index contributed by atoms with van der Waals surface area (Å²) in [5.41, 5.74) is 1.07. The summed E-state index contributed by atoms with van der Waals surface area (Å²) in [5, 5.41) is 4.26. The Bertz CT molecular complexity index is 1060. The summed E-state index contributed by atoms with van der Waals surface area (Å²) < 4.78 is 67.6. The molecule has 1 amide bonds. The van der Waals surface area contributed by atoms with E-state index in [0.29, 0.717) is 30.9 Å². The van der Waals surface area contributed by atoms with Crippen LogP contribution in [0.25, 0.3) is 0 Å². The Kier molecular flexibility index (Phi) is 4.80. The normalized spacial score (nSPS) is 20.8. The molecule has 0 aliphatic carbocycles. The minimum Gasteiger partial charge on any atom is -0.332 e. The first-order valence-corrected chi connectivity index (χ1v) is 10.8. The molecule has 1 saturated heterocycles. The molecule has 1 fully saturated rings. The molecule has 0 bridgehead atoms. The largest absolute Gasteiger partial charge is 0.332 e. The van der Waals surface area contributed by atoms with E-state index in [1.54, 1.807) is 11.6 Å². The second kappa shape index (κ2) is 7.05. The lowest BCUT2D eigenvalue weighted by atomic mass is 10.1. The fraction of sp³-hybridized carbons (Fsp3) is 0.444. The number of nitrogens with zero attached hydrogens (tertiary/aromatic N) is 4. The number of anilines is 1. The number of fused-ring (bicyclic) bond motifs is 1. The Labute approximate surface area is 165 Å². The standard InChI is InChI=1S/C18H19F3N4O3S/c1-11-9-24-16(15(8-22-24)25-3-2-4-29(25,27)28)10-23(11)17(26)7-12-5-13(19)18(21)14(20)6-12/h5-6,8,11H,2-4,7,9-10H2,1H3. The highest BCUT2D eigenvalue weighted by atomic mass is 32.2. The number of carbonyl (C=O) groups is 1. The Morgan fingerprint density at radius 3 is 2.55 bits per heavy atom. The molecule has 4 rings (SSSR count). The number of rotatable bonds is 3. The van der Waals surface area contributed by atoms with Crippen molar-refractivity contribution in [2.24, 2.45) is 0 Å². The quantitative estimate of drug-likeness (QED) is 0.699. The molecule has 156 valence electrons. The van der Waals surface area contributed by atoms with Gasteiger partial charge in [0.1, 0.15) is 0 Å². The van der Waals surface area contributed by atoms with E-state index in [9.17, 15) is 26.4 Å². The van der Waals surface area contributed by atoms with Gasteiger partial charge in [0.15, 0.2) is 17.5 Å². The van der Waals surface area contributed by atoms with Gasteiger partial charge in [0.25, 0.3) is 0 Å². The highest BCUT2D eigenvalue weighted by molar-refractivity contribution is 7.93. The van der Waals surface area contributed by atoms with Crippen LogP contribution in [0.15, 0.2) is 18.3 Å². The third-order valence-corrected chi connectivity index (χ3v) is 7.16. The lowest BCUT2D eigenvalue weighted by Gasteiger charge is -2.35. The molecule has 1 unspecified atom stereocenters. The van der Waals surface area contributed by atoms with Crippen LogP contribution < -0.4 is 4.31 Å². The van der Waals surface area contributed by atoms with E-state index >= 15 is 0 Å². The zero-order valence-corrected chi connectivity index (χ0v) is 16.4. The number of amides is 1. The van der Waals surface area contributed by atoms with E-state index in [1.807, 2.05) is 0 Å². The summed E-state index contributed by atoms with van der Waals surface area (Å²) in [6.07, 6.45) is 1.71. The molecule has 2 aromatic rings. The van der Waals surface area contributed by atoms with Gasteiger partial charge in [-0.3, -0.25) is 13.8 Å². The first-order valence-electron chi connectivity index (χ1n) is 9.15. The Morgan fingerprint density at radius 2 is 1.93 bits per heavy atom.